The van der Waals surface area contributed by atoms with Gasteiger partial charge in [-0.3, -0.25) is 0 Å². The van der Waals surface area contributed by atoms with Gasteiger partial charge in [0.2, 0.25) is 0 Å². The summed E-state index contributed by atoms with van der Waals surface area (Å²) in [5.74, 6) is 0.744. The van der Waals surface area contributed by atoms with E-state index in [1.165, 1.54) is 0 Å². The lowest BCUT2D eigenvalue weighted by Crippen LogP contribution is -2.51. The fourth-order valence-corrected chi connectivity index (χ4v) is 2.06. The molecule has 1 rings (SSSR count). The molecule has 0 aliphatic carbocycles. The predicted octanol–water partition coefficient (Wildman–Crippen LogP) is 1.30. The average Bonchev–Trinajstić information content (AvgIpc) is 2.35. The standard InChI is InChI=1S/C12H24N4O2/c1-9(2)16(8-11(13)14-18)12(17)15-6-4-10(3)5-7-15/h9-10,18H,4-8H2,1-3H3,(H2,13,14). The molecular weight excluding hydrogens is 232 g/mol. The molecule has 0 aromatic rings. The van der Waals surface area contributed by atoms with Crippen LogP contribution in [0.1, 0.15) is 33.6 Å². The van der Waals surface area contributed by atoms with Crippen LogP contribution in [0.15, 0.2) is 5.16 Å². The lowest BCUT2D eigenvalue weighted by atomic mass is 9.99. The minimum Gasteiger partial charge on any atom is -0.409 e. The van der Waals surface area contributed by atoms with Gasteiger partial charge in [-0.25, -0.2) is 4.79 Å². The molecule has 1 fully saturated rings. The molecule has 1 heterocycles. The molecular formula is C12H24N4O2. The molecule has 0 radical (unpaired) electrons. The second kappa shape index (κ2) is 6.47. The van der Waals surface area contributed by atoms with E-state index in [-0.39, 0.29) is 24.5 Å². The zero-order valence-corrected chi connectivity index (χ0v) is 11.5. The second-order valence-corrected chi connectivity index (χ2v) is 5.27. The van der Waals surface area contributed by atoms with Gasteiger partial charge in [0.15, 0.2) is 5.84 Å². The largest absolute Gasteiger partial charge is 0.409 e. The number of rotatable bonds is 3. The third-order valence-electron chi connectivity index (χ3n) is 3.38. The summed E-state index contributed by atoms with van der Waals surface area (Å²) in [5.41, 5.74) is 5.49. The van der Waals surface area contributed by atoms with Gasteiger partial charge in [-0.2, -0.15) is 0 Å². The van der Waals surface area contributed by atoms with Gasteiger partial charge in [-0.15, -0.1) is 0 Å². The van der Waals surface area contributed by atoms with Crippen LogP contribution in [0.25, 0.3) is 0 Å². The number of carbonyl (C=O) groups excluding carboxylic acids is 1. The highest BCUT2D eigenvalue weighted by Gasteiger charge is 2.26. The first kappa shape index (κ1) is 14.6. The number of carbonyl (C=O) groups is 1. The smallest absolute Gasteiger partial charge is 0.320 e. The fraction of sp³-hybridized carbons (Fsp3) is 0.833. The second-order valence-electron chi connectivity index (χ2n) is 5.27. The number of urea groups is 1. The van der Waals surface area contributed by atoms with Gasteiger partial charge >= 0.3 is 6.03 Å². The van der Waals surface area contributed by atoms with Crippen LogP contribution in [-0.4, -0.2) is 52.5 Å². The number of hydrogen-bond acceptors (Lipinski definition) is 3. The van der Waals surface area contributed by atoms with Crippen molar-refractivity contribution in [2.75, 3.05) is 19.6 Å². The van der Waals surface area contributed by atoms with E-state index in [9.17, 15) is 4.79 Å². The molecule has 6 nitrogen and oxygen atoms in total. The van der Waals surface area contributed by atoms with Crippen LogP contribution in [0.4, 0.5) is 4.79 Å². The highest BCUT2D eigenvalue weighted by atomic mass is 16.4. The molecule has 0 aromatic carbocycles. The highest BCUT2D eigenvalue weighted by Crippen LogP contribution is 2.18. The van der Waals surface area contributed by atoms with E-state index >= 15 is 0 Å². The van der Waals surface area contributed by atoms with Gasteiger partial charge < -0.3 is 20.7 Å². The van der Waals surface area contributed by atoms with E-state index in [0.717, 1.165) is 25.9 Å². The number of oxime groups is 1. The van der Waals surface area contributed by atoms with Crippen molar-refractivity contribution in [2.45, 2.75) is 39.7 Å². The molecule has 6 heteroatoms. The molecule has 0 aromatic heterocycles. The Morgan fingerprint density at radius 1 is 1.50 bits per heavy atom. The molecule has 0 spiro atoms. The van der Waals surface area contributed by atoms with Crippen LogP contribution >= 0.6 is 0 Å². The summed E-state index contributed by atoms with van der Waals surface area (Å²) in [5, 5.41) is 11.5. The van der Waals surface area contributed by atoms with Crippen LogP contribution in [-0.2, 0) is 0 Å². The Balaban J connectivity index is 2.65. The Labute approximate surface area is 108 Å². The van der Waals surface area contributed by atoms with E-state index in [0.29, 0.717) is 5.92 Å². The highest BCUT2D eigenvalue weighted by molar-refractivity contribution is 5.86. The van der Waals surface area contributed by atoms with Crippen molar-refractivity contribution in [1.82, 2.24) is 9.80 Å². The van der Waals surface area contributed by atoms with Gasteiger partial charge in [-0.1, -0.05) is 12.1 Å². The van der Waals surface area contributed by atoms with Gasteiger partial charge in [0.1, 0.15) is 0 Å². The Bertz CT molecular complexity index is 309. The molecule has 2 amide bonds. The zero-order valence-electron chi connectivity index (χ0n) is 11.5. The van der Waals surface area contributed by atoms with Crippen molar-refractivity contribution in [3.63, 3.8) is 0 Å². The topological polar surface area (TPSA) is 82.2 Å². The number of nitrogens with two attached hydrogens (primary N) is 1. The van der Waals surface area contributed by atoms with Crippen molar-refractivity contribution in [3.05, 3.63) is 0 Å². The summed E-state index contributed by atoms with van der Waals surface area (Å²) in [6, 6.07) is 0.000602. The van der Waals surface area contributed by atoms with E-state index in [2.05, 4.69) is 12.1 Å². The maximum Gasteiger partial charge on any atom is 0.320 e. The van der Waals surface area contributed by atoms with Crippen molar-refractivity contribution in [2.24, 2.45) is 16.8 Å². The first-order valence-electron chi connectivity index (χ1n) is 6.47. The Kier molecular flexibility index (Phi) is 5.25. The molecule has 1 saturated heterocycles. The summed E-state index contributed by atoms with van der Waals surface area (Å²) < 4.78 is 0. The monoisotopic (exact) mass is 256 g/mol. The third-order valence-corrected chi connectivity index (χ3v) is 3.38. The summed E-state index contributed by atoms with van der Waals surface area (Å²) in [4.78, 5) is 15.8. The van der Waals surface area contributed by atoms with E-state index in [1.54, 1.807) is 4.90 Å². The summed E-state index contributed by atoms with van der Waals surface area (Å²) in [6.45, 7) is 7.81. The number of amides is 2. The first-order chi connectivity index (χ1) is 8.45. The number of nitrogens with zero attached hydrogens (tertiary/aromatic N) is 3. The van der Waals surface area contributed by atoms with Gasteiger partial charge in [0.25, 0.3) is 0 Å². The fourth-order valence-electron chi connectivity index (χ4n) is 2.06. The number of amidine groups is 1. The molecule has 1 aliphatic rings. The maximum absolute atomic E-state index is 12.4. The Hall–Kier alpha value is -1.46. The third kappa shape index (κ3) is 3.78. The molecule has 104 valence electrons. The van der Waals surface area contributed by atoms with Crippen molar-refractivity contribution in [1.29, 1.82) is 0 Å². The minimum absolute atomic E-state index is 0.0245. The molecule has 0 atom stereocenters. The first-order valence-corrected chi connectivity index (χ1v) is 6.47. The van der Waals surface area contributed by atoms with Crippen LogP contribution in [0.3, 0.4) is 0 Å². The minimum atomic E-state index is -0.0245. The van der Waals surface area contributed by atoms with Crippen LogP contribution < -0.4 is 5.73 Å². The van der Waals surface area contributed by atoms with Crippen LogP contribution in [0.5, 0.6) is 0 Å². The van der Waals surface area contributed by atoms with E-state index in [4.69, 9.17) is 10.9 Å². The van der Waals surface area contributed by atoms with Crippen molar-refractivity contribution in [3.8, 4) is 0 Å². The molecule has 18 heavy (non-hydrogen) atoms. The quantitative estimate of drug-likeness (QED) is 0.345. The summed E-state index contributed by atoms with van der Waals surface area (Å²) in [6.07, 6.45) is 2.09. The van der Waals surface area contributed by atoms with Crippen LogP contribution in [0.2, 0.25) is 0 Å². The molecule has 0 unspecified atom stereocenters. The Morgan fingerprint density at radius 2 is 2.06 bits per heavy atom. The van der Waals surface area contributed by atoms with E-state index < -0.39 is 0 Å². The van der Waals surface area contributed by atoms with Crippen molar-refractivity contribution < 1.29 is 10.0 Å². The van der Waals surface area contributed by atoms with Gasteiger partial charge in [0.05, 0.1) is 6.54 Å². The SMILES string of the molecule is CC1CCN(C(=O)N(CC(N)=NO)C(C)C)CC1. The predicted molar refractivity (Wildman–Crippen MR) is 70.6 cm³/mol. The lowest BCUT2D eigenvalue weighted by molar-refractivity contribution is 0.130. The summed E-state index contributed by atoms with van der Waals surface area (Å²) >= 11 is 0. The maximum atomic E-state index is 12.4. The van der Waals surface area contributed by atoms with E-state index in [1.807, 2.05) is 18.7 Å². The number of hydrogen-bond donors (Lipinski definition) is 2. The summed E-state index contributed by atoms with van der Waals surface area (Å²) in [7, 11) is 0. The van der Waals surface area contributed by atoms with Crippen molar-refractivity contribution >= 4 is 11.9 Å². The average molecular weight is 256 g/mol. The van der Waals surface area contributed by atoms with Gasteiger partial charge in [0, 0.05) is 19.1 Å². The zero-order chi connectivity index (χ0) is 13.7. The normalized spacial score (nSPS) is 18.2. The molecule has 0 bridgehead atoms. The lowest BCUT2D eigenvalue weighted by Gasteiger charge is -2.36. The Morgan fingerprint density at radius 3 is 2.50 bits per heavy atom. The number of likely N-dealkylation sites (tertiary alicyclic amines) is 1. The molecule has 0 saturated carbocycles. The van der Waals surface area contributed by atoms with Gasteiger partial charge in [-0.05, 0) is 32.6 Å². The molecule has 3 N–H and O–H groups in total. The van der Waals surface area contributed by atoms with Crippen LogP contribution in [0, 0.1) is 5.92 Å². The molecule has 1 aliphatic heterocycles. The number of piperidine rings is 1.